The van der Waals surface area contributed by atoms with Crippen LogP contribution >= 0.6 is 0 Å². The molecule has 14 nitrogen and oxygen atoms in total. The molecule has 1 rings (SSSR count). The lowest BCUT2D eigenvalue weighted by Gasteiger charge is -2.24. The van der Waals surface area contributed by atoms with E-state index in [4.69, 9.17) is 18.9 Å². The molecule has 0 aliphatic heterocycles. The molecule has 4 N–H and O–H groups in total. The second kappa shape index (κ2) is 18.1. The number of ether oxygens (including phenoxy) is 4. The van der Waals surface area contributed by atoms with Crippen molar-refractivity contribution in [3.63, 3.8) is 0 Å². The van der Waals surface area contributed by atoms with Crippen molar-refractivity contribution in [2.24, 2.45) is 0 Å². The monoisotopic (exact) mass is 580 g/mol. The number of hydrazine groups is 1. The summed E-state index contributed by atoms with van der Waals surface area (Å²) in [6.07, 6.45) is -2.71. The van der Waals surface area contributed by atoms with Gasteiger partial charge in [0.25, 0.3) is 5.91 Å². The van der Waals surface area contributed by atoms with Gasteiger partial charge in [-0.05, 0) is 53.0 Å². The fourth-order valence-corrected chi connectivity index (χ4v) is 3.21. The van der Waals surface area contributed by atoms with Crippen LogP contribution in [0.1, 0.15) is 65.9 Å². The molecule has 0 aliphatic rings. The number of hydrogen-bond donors (Lipinski definition) is 4. The normalized spacial score (nSPS) is 12.1. The number of amides is 4. The summed E-state index contributed by atoms with van der Waals surface area (Å²) in [6, 6.07) is 6.19. The molecule has 0 aliphatic carbocycles. The molecule has 14 heteroatoms. The highest BCUT2D eigenvalue weighted by Gasteiger charge is 2.29. The van der Waals surface area contributed by atoms with Crippen molar-refractivity contribution in [1.29, 1.82) is 0 Å². The van der Waals surface area contributed by atoms with Gasteiger partial charge in [-0.15, -0.1) is 0 Å². The van der Waals surface area contributed by atoms with Crippen LogP contribution in [-0.4, -0.2) is 66.8 Å². The van der Waals surface area contributed by atoms with Crippen LogP contribution in [0.5, 0.6) is 0 Å². The van der Waals surface area contributed by atoms with E-state index in [1.807, 2.05) is 0 Å². The summed E-state index contributed by atoms with van der Waals surface area (Å²) in [7, 11) is 0. The minimum Gasteiger partial charge on any atom is -0.466 e. The van der Waals surface area contributed by atoms with Gasteiger partial charge in [-0.2, -0.15) is 0 Å². The van der Waals surface area contributed by atoms with E-state index in [1.54, 1.807) is 65.0 Å². The van der Waals surface area contributed by atoms with Crippen molar-refractivity contribution in [3.8, 4) is 0 Å². The van der Waals surface area contributed by atoms with Crippen LogP contribution in [0.2, 0.25) is 0 Å². The van der Waals surface area contributed by atoms with Crippen molar-refractivity contribution in [3.05, 3.63) is 35.9 Å². The molecule has 0 unspecified atom stereocenters. The molecule has 0 fully saturated rings. The molecule has 4 amide bonds. The maximum absolute atomic E-state index is 13.2. The number of rotatable bonds is 14. The van der Waals surface area contributed by atoms with Crippen LogP contribution in [0, 0.1) is 0 Å². The highest BCUT2D eigenvalue weighted by Crippen LogP contribution is 2.08. The smallest absolute Gasteiger partial charge is 0.426 e. The van der Waals surface area contributed by atoms with Crippen molar-refractivity contribution in [2.45, 2.75) is 84.6 Å². The predicted octanol–water partition coefficient (Wildman–Crippen LogP) is 2.01. The Kier molecular flexibility index (Phi) is 15.3. The average molecular weight is 581 g/mol. The lowest BCUT2D eigenvalue weighted by Crippen LogP contribution is -2.56. The zero-order valence-electron chi connectivity index (χ0n) is 24.1. The number of carbonyl (C=O) groups excluding carboxylic acids is 6. The lowest BCUT2D eigenvalue weighted by molar-refractivity contribution is -0.145. The van der Waals surface area contributed by atoms with E-state index in [9.17, 15) is 28.8 Å². The zero-order chi connectivity index (χ0) is 30.8. The van der Waals surface area contributed by atoms with Gasteiger partial charge >= 0.3 is 24.1 Å². The van der Waals surface area contributed by atoms with Gasteiger partial charge in [0.2, 0.25) is 5.91 Å². The summed E-state index contributed by atoms with van der Waals surface area (Å²) in [5.74, 6) is -2.92. The van der Waals surface area contributed by atoms with Crippen LogP contribution in [-0.2, 0) is 44.7 Å². The number of alkyl carbamates (subject to hydrolysis) is 1. The minimum atomic E-state index is -1.34. The number of esters is 2. The van der Waals surface area contributed by atoms with Crippen LogP contribution in [0.15, 0.2) is 30.3 Å². The number of nitrogens with one attached hydrogen (secondary N) is 4. The van der Waals surface area contributed by atoms with Crippen molar-refractivity contribution < 1.29 is 47.7 Å². The third-order valence-electron chi connectivity index (χ3n) is 5.03. The number of carbonyl (C=O) groups is 6. The molecular formula is C27H40N4O10. The second-order valence-electron chi connectivity index (χ2n) is 9.62. The molecule has 0 spiro atoms. The van der Waals surface area contributed by atoms with Crippen LogP contribution in [0.4, 0.5) is 9.59 Å². The molecule has 1 aromatic rings. The zero-order valence-corrected chi connectivity index (χ0v) is 24.1. The van der Waals surface area contributed by atoms with E-state index in [1.165, 1.54) is 0 Å². The lowest BCUT2D eigenvalue weighted by atomic mass is 10.1. The van der Waals surface area contributed by atoms with Gasteiger partial charge in [-0.3, -0.25) is 24.6 Å². The van der Waals surface area contributed by atoms with Gasteiger partial charge in [0.05, 0.1) is 13.2 Å². The van der Waals surface area contributed by atoms with Crippen LogP contribution < -0.4 is 21.5 Å². The van der Waals surface area contributed by atoms with E-state index in [0.717, 1.165) is 0 Å². The fourth-order valence-electron chi connectivity index (χ4n) is 3.21. The number of hydrogen-bond acceptors (Lipinski definition) is 10. The average Bonchev–Trinajstić information content (AvgIpc) is 2.90. The van der Waals surface area contributed by atoms with Crippen molar-refractivity contribution in [2.75, 3.05) is 13.2 Å². The summed E-state index contributed by atoms with van der Waals surface area (Å²) in [5, 5.41) is 4.84. The highest BCUT2D eigenvalue weighted by atomic mass is 16.6. The molecule has 0 saturated carbocycles. The maximum atomic E-state index is 13.2. The first-order valence-electron chi connectivity index (χ1n) is 13.2. The molecule has 1 aromatic carbocycles. The molecule has 0 heterocycles. The Morgan fingerprint density at radius 2 is 1.24 bits per heavy atom. The first-order chi connectivity index (χ1) is 19.3. The van der Waals surface area contributed by atoms with Gasteiger partial charge in [-0.1, -0.05) is 30.3 Å². The first kappa shape index (κ1) is 34.7. The van der Waals surface area contributed by atoms with Crippen LogP contribution in [0.25, 0.3) is 0 Å². The summed E-state index contributed by atoms with van der Waals surface area (Å²) < 4.78 is 20.0. The molecule has 41 heavy (non-hydrogen) atoms. The molecular weight excluding hydrogens is 540 g/mol. The van der Waals surface area contributed by atoms with E-state index < -0.39 is 53.6 Å². The van der Waals surface area contributed by atoms with Crippen molar-refractivity contribution in [1.82, 2.24) is 21.5 Å². The Hall–Kier alpha value is -4.36. The summed E-state index contributed by atoms with van der Waals surface area (Å²) in [6.45, 7) is 8.31. The second-order valence-corrected chi connectivity index (χ2v) is 9.62. The predicted molar refractivity (Wildman–Crippen MR) is 145 cm³/mol. The Balaban J connectivity index is 2.97. The largest absolute Gasteiger partial charge is 0.466 e. The van der Waals surface area contributed by atoms with E-state index >= 15 is 0 Å². The Morgan fingerprint density at radius 1 is 0.707 bits per heavy atom. The first-order valence-corrected chi connectivity index (χ1v) is 13.2. The van der Waals surface area contributed by atoms with E-state index in [2.05, 4.69) is 21.5 Å². The molecule has 0 aromatic heterocycles. The molecule has 228 valence electrons. The highest BCUT2D eigenvalue weighted by molar-refractivity contribution is 5.92. The van der Waals surface area contributed by atoms with Gasteiger partial charge in [0.1, 0.15) is 24.3 Å². The van der Waals surface area contributed by atoms with Crippen LogP contribution in [0.3, 0.4) is 0 Å². The van der Waals surface area contributed by atoms with E-state index in [0.29, 0.717) is 5.56 Å². The Labute approximate surface area is 239 Å². The standard InChI is InChI=1S/C27H40N4O10/c1-6-38-21(32)15-13-19(29-25(36)40-17-18-11-9-8-10-12-18)23(34)28-20(14-16-22(33)39-7-2)24(35)30-31-26(37)41-27(3,4)5/h8-12,19-20H,6-7,13-17H2,1-5H3,(H,28,34)(H,29,36)(H,30,35)(H,31,37)/t19-,20+/m1/s1. The summed E-state index contributed by atoms with van der Waals surface area (Å²) >= 11 is 0. The van der Waals surface area contributed by atoms with E-state index in [-0.39, 0.29) is 45.5 Å². The fraction of sp³-hybridized carbons (Fsp3) is 0.556. The third kappa shape index (κ3) is 15.7. The minimum absolute atomic E-state index is 0.0696. The van der Waals surface area contributed by atoms with Gasteiger partial charge in [-0.25, -0.2) is 15.0 Å². The summed E-state index contributed by atoms with van der Waals surface area (Å²) in [4.78, 5) is 74.3. The molecule has 0 saturated heterocycles. The molecule has 0 radical (unpaired) electrons. The number of benzene rings is 1. The van der Waals surface area contributed by atoms with Gasteiger partial charge in [0, 0.05) is 12.8 Å². The molecule has 0 bridgehead atoms. The topological polar surface area (TPSA) is 187 Å². The third-order valence-corrected chi connectivity index (χ3v) is 5.03. The Bertz CT molecular complexity index is 1030. The maximum Gasteiger partial charge on any atom is 0.426 e. The van der Waals surface area contributed by atoms with Crippen molar-refractivity contribution >= 4 is 35.9 Å². The summed E-state index contributed by atoms with van der Waals surface area (Å²) in [5.41, 5.74) is 4.09. The Morgan fingerprint density at radius 3 is 1.76 bits per heavy atom. The van der Waals surface area contributed by atoms with Gasteiger partial charge in [0.15, 0.2) is 0 Å². The van der Waals surface area contributed by atoms with Gasteiger partial charge < -0.3 is 29.6 Å². The molecule has 2 atom stereocenters. The quantitative estimate of drug-likeness (QED) is 0.144. The SMILES string of the molecule is CCOC(=O)CC[C@H](NC(=O)[C@@H](CCC(=O)OCC)NC(=O)OCc1ccccc1)C(=O)NNC(=O)OC(C)(C)C.